The first-order valence-corrected chi connectivity index (χ1v) is 10.6. The van der Waals surface area contributed by atoms with Crippen molar-refractivity contribution in [2.75, 3.05) is 23.6 Å². The third-order valence-corrected chi connectivity index (χ3v) is 6.35. The molecule has 0 bridgehead atoms. The van der Waals surface area contributed by atoms with Gasteiger partial charge in [-0.3, -0.25) is 14.9 Å². The molecule has 5 rings (SSSR count). The Hall–Kier alpha value is -4.14. The highest BCUT2D eigenvalue weighted by molar-refractivity contribution is 6.39. The zero-order chi connectivity index (χ0) is 24.4. The number of imide groups is 2. The van der Waals surface area contributed by atoms with Crippen LogP contribution < -0.4 is 24.6 Å². The second kappa shape index (κ2) is 7.44. The van der Waals surface area contributed by atoms with E-state index in [1.54, 1.807) is 12.1 Å². The number of anilines is 2. The maximum atomic E-state index is 15.1. The molecule has 3 aliphatic heterocycles. The summed E-state index contributed by atoms with van der Waals surface area (Å²) >= 11 is 0. The number of halogens is 1. The van der Waals surface area contributed by atoms with E-state index in [9.17, 15) is 14.4 Å². The summed E-state index contributed by atoms with van der Waals surface area (Å²) in [5, 5.41) is 2.15. The summed E-state index contributed by atoms with van der Waals surface area (Å²) < 4.78 is 25.7. The molecule has 174 valence electrons. The average Bonchev–Trinajstić information content (AvgIpc) is 3.23. The highest BCUT2D eigenvalue weighted by Crippen LogP contribution is 2.40. The normalized spacial score (nSPS) is 19.9. The Bertz CT molecular complexity index is 1340. The van der Waals surface area contributed by atoms with Crippen LogP contribution in [0.15, 0.2) is 42.0 Å². The molecular formula is C25H22FN3O5. The molecule has 3 heterocycles. The Morgan fingerprint density at radius 1 is 1.09 bits per heavy atom. The van der Waals surface area contributed by atoms with E-state index >= 15 is 4.39 Å². The van der Waals surface area contributed by atoms with Crippen LogP contribution in [0.4, 0.5) is 20.6 Å². The van der Waals surface area contributed by atoms with E-state index in [-0.39, 0.29) is 29.2 Å². The van der Waals surface area contributed by atoms with Gasteiger partial charge in [0.25, 0.3) is 11.8 Å². The molecule has 8 nitrogen and oxygen atoms in total. The van der Waals surface area contributed by atoms with E-state index in [0.717, 1.165) is 16.0 Å². The fraction of sp³-hybridized carbons (Fsp3) is 0.240. The zero-order valence-electron chi connectivity index (χ0n) is 19.1. The number of carbonyl (C=O) groups is 3. The number of fused-ring (bicyclic) bond motifs is 2. The highest BCUT2D eigenvalue weighted by atomic mass is 19.1. The number of likely N-dealkylation sites (N-methyl/N-ethyl adjacent to an activating group) is 1. The Morgan fingerprint density at radius 2 is 1.82 bits per heavy atom. The van der Waals surface area contributed by atoms with Crippen LogP contribution in [0.2, 0.25) is 0 Å². The third-order valence-electron chi connectivity index (χ3n) is 6.35. The molecule has 0 radical (unpaired) electrons. The van der Waals surface area contributed by atoms with Gasteiger partial charge in [-0.1, -0.05) is 6.08 Å². The summed E-state index contributed by atoms with van der Waals surface area (Å²) in [5.41, 5.74) is 2.06. The van der Waals surface area contributed by atoms with E-state index in [1.165, 1.54) is 24.3 Å². The minimum absolute atomic E-state index is 0.0282. The number of nitrogens with one attached hydrogen (secondary N) is 1. The van der Waals surface area contributed by atoms with E-state index in [2.05, 4.69) is 11.4 Å². The molecule has 9 heteroatoms. The standard InChI is InChI=1S/C25H22FN3O5/c1-13-11-25(2,3)28(4)19-10-18(26)14(7-16(13)19)8-17-22(30)27-24(32)29(23(17)31)15-5-6-20-21(9-15)34-12-33-20/h5-11H,12H2,1-4H3,(H,27,30,32)/b17-8-. The van der Waals surface area contributed by atoms with Crippen molar-refractivity contribution >= 4 is 40.9 Å². The molecule has 1 fully saturated rings. The first kappa shape index (κ1) is 21.7. The maximum Gasteiger partial charge on any atom is 0.335 e. The lowest BCUT2D eigenvalue weighted by Gasteiger charge is -2.40. The lowest BCUT2D eigenvalue weighted by atomic mass is 9.88. The number of urea groups is 1. The number of hydrogen-bond acceptors (Lipinski definition) is 6. The summed E-state index contributed by atoms with van der Waals surface area (Å²) in [4.78, 5) is 41.0. The predicted octanol–water partition coefficient (Wildman–Crippen LogP) is 3.85. The van der Waals surface area contributed by atoms with Gasteiger partial charge >= 0.3 is 6.03 Å². The molecule has 3 aliphatic rings. The largest absolute Gasteiger partial charge is 0.454 e. The smallest absolute Gasteiger partial charge is 0.335 e. The van der Waals surface area contributed by atoms with Crippen molar-refractivity contribution in [2.24, 2.45) is 0 Å². The number of carbonyl (C=O) groups excluding carboxylic acids is 3. The molecule has 0 saturated carbocycles. The minimum atomic E-state index is -0.903. The van der Waals surface area contributed by atoms with Crippen LogP contribution in [0.1, 0.15) is 31.9 Å². The summed E-state index contributed by atoms with van der Waals surface area (Å²) in [7, 11) is 1.88. The van der Waals surface area contributed by atoms with Crippen LogP contribution in [-0.2, 0) is 9.59 Å². The first-order valence-electron chi connectivity index (χ1n) is 10.6. The van der Waals surface area contributed by atoms with Gasteiger partial charge in [0.15, 0.2) is 11.5 Å². The molecular weight excluding hydrogens is 441 g/mol. The van der Waals surface area contributed by atoms with Crippen molar-refractivity contribution < 1.29 is 28.2 Å². The van der Waals surface area contributed by atoms with Gasteiger partial charge < -0.3 is 14.4 Å². The summed E-state index contributed by atoms with van der Waals surface area (Å²) in [6, 6.07) is 6.64. The van der Waals surface area contributed by atoms with Gasteiger partial charge in [0, 0.05) is 29.9 Å². The number of amides is 4. The van der Waals surface area contributed by atoms with E-state index < -0.39 is 23.7 Å². The van der Waals surface area contributed by atoms with Gasteiger partial charge in [0.1, 0.15) is 11.4 Å². The summed E-state index contributed by atoms with van der Waals surface area (Å²) in [6.45, 7) is 6.02. The van der Waals surface area contributed by atoms with Crippen LogP contribution in [0.3, 0.4) is 0 Å². The number of rotatable bonds is 2. The van der Waals surface area contributed by atoms with Gasteiger partial charge in [-0.05, 0) is 56.7 Å². The molecule has 0 aliphatic carbocycles. The van der Waals surface area contributed by atoms with Gasteiger partial charge in [-0.15, -0.1) is 0 Å². The maximum absolute atomic E-state index is 15.1. The number of allylic oxidation sites excluding steroid dienone is 1. The van der Waals surface area contributed by atoms with Gasteiger partial charge in [0.05, 0.1) is 11.2 Å². The zero-order valence-corrected chi connectivity index (χ0v) is 19.1. The van der Waals surface area contributed by atoms with Gasteiger partial charge in [-0.2, -0.15) is 0 Å². The predicted molar refractivity (Wildman–Crippen MR) is 124 cm³/mol. The third kappa shape index (κ3) is 3.32. The Balaban J connectivity index is 1.56. The number of benzene rings is 2. The fourth-order valence-corrected chi connectivity index (χ4v) is 4.37. The number of nitrogens with zero attached hydrogens (tertiary/aromatic N) is 2. The molecule has 34 heavy (non-hydrogen) atoms. The van der Waals surface area contributed by atoms with Crippen molar-refractivity contribution in [1.82, 2.24) is 5.32 Å². The topological polar surface area (TPSA) is 88.2 Å². The van der Waals surface area contributed by atoms with Crippen LogP contribution in [0.5, 0.6) is 11.5 Å². The molecule has 0 aromatic heterocycles. The van der Waals surface area contributed by atoms with Crippen molar-refractivity contribution in [3.8, 4) is 11.5 Å². The van der Waals surface area contributed by atoms with Crippen molar-refractivity contribution in [3.63, 3.8) is 0 Å². The van der Waals surface area contributed by atoms with Crippen LogP contribution in [0.25, 0.3) is 11.6 Å². The van der Waals surface area contributed by atoms with Crippen molar-refractivity contribution in [3.05, 3.63) is 58.9 Å². The summed E-state index contributed by atoms with van der Waals surface area (Å²) in [5.74, 6) is -1.50. The second-order valence-corrected chi connectivity index (χ2v) is 8.93. The molecule has 4 amide bonds. The fourth-order valence-electron chi connectivity index (χ4n) is 4.37. The summed E-state index contributed by atoms with van der Waals surface area (Å²) in [6.07, 6.45) is 3.25. The molecule has 2 aromatic carbocycles. The van der Waals surface area contributed by atoms with E-state index in [4.69, 9.17) is 9.47 Å². The van der Waals surface area contributed by atoms with Crippen LogP contribution in [-0.4, -0.2) is 37.2 Å². The Morgan fingerprint density at radius 3 is 2.59 bits per heavy atom. The van der Waals surface area contributed by atoms with Crippen LogP contribution in [0, 0.1) is 5.82 Å². The SMILES string of the molecule is CC1=CC(C)(C)N(C)c2cc(F)c(/C=C3/C(=O)NC(=O)N(c4ccc5c(c4)OCO5)C3=O)cc21. The molecule has 1 N–H and O–H groups in total. The highest BCUT2D eigenvalue weighted by Gasteiger charge is 2.38. The average molecular weight is 463 g/mol. The Kier molecular flexibility index (Phi) is 4.75. The number of barbiturate groups is 1. The molecule has 0 unspecified atom stereocenters. The van der Waals surface area contributed by atoms with Crippen molar-refractivity contribution in [1.29, 1.82) is 0 Å². The van der Waals surface area contributed by atoms with Gasteiger partial charge in [0.2, 0.25) is 6.79 Å². The number of hydrogen-bond donors (Lipinski definition) is 1. The molecule has 2 aromatic rings. The lowest BCUT2D eigenvalue weighted by molar-refractivity contribution is -0.122. The van der Waals surface area contributed by atoms with Crippen LogP contribution >= 0.6 is 0 Å². The number of ether oxygens (including phenoxy) is 2. The molecule has 0 spiro atoms. The first-order chi connectivity index (χ1) is 16.1. The van der Waals surface area contributed by atoms with Gasteiger partial charge in [-0.25, -0.2) is 14.1 Å². The Labute approximate surface area is 195 Å². The van der Waals surface area contributed by atoms with E-state index in [1.807, 2.05) is 32.7 Å². The monoisotopic (exact) mass is 463 g/mol. The molecule has 1 saturated heterocycles. The molecule has 0 atom stereocenters. The second-order valence-electron chi connectivity index (χ2n) is 8.93. The lowest BCUT2D eigenvalue weighted by Crippen LogP contribution is -2.54. The minimum Gasteiger partial charge on any atom is -0.454 e. The quantitative estimate of drug-likeness (QED) is 0.538. The van der Waals surface area contributed by atoms with E-state index in [0.29, 0.717) is 17.2 Å². The van der Waals surface area contributed by atoms with Crippen molar-refractivity contribution in [2.45, 2.75) is 26.3 Å².